The van der Waals surface area contributed by atoms with E-state index in [1.54, 1.807) is 0 Å². The quantitative estimate of drug-likeness (QED) is 0.760. The molecular weight excluding hydrogens is 202 g/mol. The standard InChI is InChI=1S/C13H18NO2/c1-11(14-7-9-16-10-8-14)13(15)12-5-3-2-4-6-12/h2-6,13,15H,7-10H2,1H3/q+1. The Labute approximate surface area is 96.0 Å². The summed E-state index contributed by atoms with van der Waals surface area (Å²) in [5.41, 5.74) is 1.96. The van der Waals surface area contributed by atoms with Crippen LogP contribution in [0.1, 0.15) is 18.6 Å². The summed E-state index contributed by atoms with van der Waals surface area (Å²) in [6.07, 6.45) is -0.501. The molecule has 0 aliphatic carbocycles. The van der Waals surface area contributed by atoms with Crippen LogP contribution in [0.5, 0.6) is 0 Å². The summed E-state index contributed by atoms with van der Waals surface area (Å²) in [5, 5.41) is 10.2. The second-order valence-corrected chi connectivity index (χ2v) is 4.05. The third-order valence-electron chi connectivity index (χ3n) is 3.02. The number of rotatable bonds is 2. The molecule has 2 rings (SSSR count). The average Bonchev–Trinajstić information content (AvgIpc) is 2.39. The van der Waals surface area contributed by atoms with Crippen molar-refractivity contribution >= 4 is 5.71 Å². The van der Waals surface area contributed by atoms with Crippen molar-refractivity contribution in [2.45, 2.75) is 13.0 Å². The molecule has 1 N–H and O–H groups in total. The fraction of sp³-hybridized carbons (Fsp3) is 0.462. The van der Waals surface area contributed by atoms with Gasteiger partial charge in [0.15, 0.2) is 24.9 Å². The molecule has 0 saturated carbocycles. The van der Waals surface area contributed by atoms with Crippen molar-refractivity contribution in [1.29, 1.82) is 0 Å². The minimum absolute atomic E-state index is 0.501. The van der Waals surface area contributed by atoms with Crippen LogP contribution in [0.3, 0.4) is 0 Å². The molecule has 1 aromatic rings. The number of aliphatic hydroxyl groups is 1. The highest BCUT2D eigenvalue weighted by molar-refractivity contribution is 5.82. The van der Waals surface area contributed by atoms with E-state index in [1.165, 1.54) is 0 Å². The van der Waals surface area contributed by atoms with Crippen LogP contribution in [0.2, 0.25) is 0 Å². The van der Waals surface area contributed by atoms with E-state index in [4.69, 9.17) is 4.74 Å². The van der Waals surface area contributed by atoms with Gasteiger partial charge in [-0.2, -0.15) is 0 Å². The molecule has 1 unspecified atom stereocenters. The van der Waals surface area contributed by atoms with Crippen LogP contribution in [0.25, 0.3) is 0 Å². The third kappa shape index (κ3) is 2.49. The fourth-order valence-corrected chi connectivity index (χ4v) is 1.97. The van der Waals surface area contributed by atoms with Gasteiger partial charge in [-0.15, -0.1) is 0 Å². The minimum Gasteiger partial charge on any atom is -0.378 e. The van der Waals surface area contributed by atoms with Crippen LogP contribution in [-0.2, 0) is 4.74 Å². The monoisotopic (exact) mass is 220 g/mol. The molecule has 3 heteroatoms. The van der Waals surface area contributed by atoms with Gasteiger partial charge < -0.3 is 9.84 Å². The highest BCUT2D eigenvalue weighted by Crippen LogP contribution is 2.14. The number of ether oxygens (including phenoxy) is 1. The zero-order valence-corrected chi connectivity index (χ0v) is 9.60. The van der Waals surface area contributed by atoms with Crippen molar-refractivity contribution < 1.29 is 14.4 Å². The molecule has 1 aliphatic heterocycles. The zero-order chi connectivity index (χ0) is 11.4. The van der Waals surface area contributed by atoms with E-state index in [2.05, 4.69) is 4.58 Å². The topological polar surface area (TPSA) is 32.5 Å². The first kappa shape index (κ1) is 11.3. The summed E-state index contributed by atoms with van der Waals surface area (Å²) < 4.78 is 7.49. The molecule has 0 radical (unpaired) electrons. The Morgan fingerprint density at radius 2 is 1.88 bits per heavy atom. The molecule has 1 fully saturated rings. The van der Waals surface area contributed by atoms with Crippen molar-refractivity contribution in [2.75, 3.05) is 26.3 Å². The Hall–Kier alpha value is -1.19. The molecule has 16 heavy (non-hydrogen) atoms. The van der Waals surface area contributed by atoms with Gasteiger partial charge in [0.05, 0.1) is 0 Å². The van der Waals surface area contributed by atoms with Gasteiger partial charge in [-0.3, -0.25) is 0 Å². The summed E-state index contributed by atoms with van der Waals surface area (Å²) in [6, 6.07) is 9.76. The van der Waals surface area contributed by atoms with E-state index in [-0.39, 0.29) is 0 Å². The molecule has 0 spiro atoms. The molecule has 1 aromatic carbocycles. The number of nitrogens with zero attached hydrogens (tertiary/aromatic N) is 1. The van der Waals surface area contributed by atoms with Gasteiger partial charge in [-0.25, -0.2) is 4.58 Å². The van der Waals surface area contributed by atoms with Crippen molar-refractivity contribution in [1.82, 2.24) is 0 Å². The lowest BCUT2D eigenvalue weighted by atomic mass is 10.1. The molecule has 3 nitrogen and oxygen atoms in total. The van der Waals surface area contributed by atoms with E-state index >= 15 is 0 Å². The normalized spacial score (nSPS) is 18.2. The minimum atomic E-state index is -0.501. The van der Waals surface area contributed by atoms with Crippen molar-refractivity contribution in [3.05, 3.63) is 35.9 Å². The first-order chi connectivity index (χ1) is 7.79. The Bertz CT molecular complexity index is 365. The Kier molecular flexibility index (Phi) is 3.70. The van der Waals surface area contributed by atoms with Gasteiger partial charge in [0.2, 0.25) is 0 Å². The van der Waals surface area contributed by atoms with Crippen LogP contribution >= 0.6 is 0 Å². The van der Waals surface area contributed by atoms with E-state index in [9.17, 15) is 5.11 Å². The summed E-state index contributed by atoms with van der Waals surface area (Å²) >= 11 is 0. The summed E-state index contributed by atoms with van der Waals surface area (Å²) in [4.78, 5) is 0. The number of aliphatic hydroxyl groups excluding tert-OH is 1. The molecule has 1 saturated heterocycles. The summed E-state index contributed by atoms with van der Waals surface area (Å²) in [7, 11) is 0. The SMILES string of the molecule is CC(C(O)c1ccccc1)=[N+]1CCOCC1. The first-order valence-electron chi connectivity index (χ1n) is 5.68. The van der Waals surface area contributed by atoms with Crippen LogP contribution < -0.4 is 0 Å². The average molecular weight is 220 g/mol. The molecule has 86 valence electrons. The van der Waals surface area contributed by atoms with Crippen LogP contribution in [0.15, 0.2) is 30.3 Å². The molecule has 0 amide bonds. The highest BCUT2D eigenvalue weighted by atomic mass is 16.5. The van der Waals surface area contributed by atoms with Crippen LogP contribution in [0, 0.1) is 0 Å². The second kappa shape index (κ2) is 5.23. The second-order valence-electron chi connectivity index (χ2n) is 4.05. The summed E-state index contributed by atoms with van der Waals surface area (Å²) in [6.45, 7) is 5.23. The summed E-state index contributed by atoms with van der Waals surface area (Å²) in [5.74, 6) is 0. The molecule has 0 bridgehead atoms. The predicted molar refractivity (Wildman–Crippen MR) is 62.9 cm³/mol. The first-order valence-corrected chi connectivity index (χ1v) is 5.68. The lowest BCUT2D eigenvalue weighted by Crippen LogP contribution is -2.34. The lowest BCUT2D eigenvalue weighted by molar-refractivity contribution is -0.552. The third-order valence-corrected chi connectivity index (χ3v) is 3.02. The Morgan fingerprint density at radius 3 is 2.50 bits per heavy atom. The van der Waals surface area contributed by atoms with E-state index in [0.717, 1.165) is 37.6 Å². The Balaban J connectivity index is 2.17. The Morgan fingerprint density at radius 1 is 1.25 bits per heavy atom. The molecule has 0 aromatic heterocycles. The maximum atomic E-state index is 10.2. The number of morpholine rings is 1. The molecule has 1 aliphatic rings. The molecule has 1 atom stereocenters. The maximum absolute atomic E-state index is 10.2. The highest BCUT2D eigenvalue weighted by Gasteiger charge is 2.22. The van der Waals surface area contributed by atoms with Gasteiger partial charge in [-0.05, 0) is 5.56 Å². The maximum Gasteiger partial charge on any atom is 0.182 e. The van der Waals surface area contributed by atoms with E-state index < -0.39 is 6.10 Å². The van der Waals surface area contributed by atoms with Crippen molar-refractivity contribution in [2.24, 2.45) is 0 Å². The lowest BCUT2D eigenvalue weighted by Gasteiger charge is -2.16. The molecular formula is C13H18NO2+. The van der Waals surface area contributed by atoms with Gasteiger partial charge in [0.25, 0.3) is 0 Å². The number of hydrogen-bond acceptors (Lipinski definition) is 2. The van der Waals surface area contributed by atoms with Gasteiger partial charge >= 0.3 is 0 Å². The largest absolute Gasteiger partial charge is 0.378 e. The van der Waals surface area contributed by atoms with Gasteiger partial charge in [0, 0.05) is 6.92 Å². The van der Waals surface area contributed by atoms with Crippen LogP contribution in [0.4, 0.5) is 0 Å². The van der Waals surface area contributed by atoms with Gasteiger partial charge in [-0.1, -0.05) is 30.3 Å². The molecule has 1 heterocycles. The number of hydrogen-bond donors (Lipinski definition) is 1. The van der Waals surface area contributed by atoms with E-state index in [0.29, 0.717) is 0 Å². The predicted octanol–water partition coefficient (Wildman–Crippen LogP) is 1.22. The number of benzene rings is 1. The van der Waals surface area contributed by atoms with Crippen molar-refractivity contribution in [3.8, 4) is 0 Å². The van der Waals surface area contributed by atoms with Crippen molar-refractivity contribution in [3.63, 3.8) is 0 Å². The van der Waals surface area contributed by atoms with E-state index in [1.807, 2.05) is 37.3 Å². The smallest absolute Gasteiger partial charge is 0.182 e. The fourth-order valence-electron chi connectivity index (χ4n) is 1.97. The van der Waals surface area contributed by atoms with Crippen LogP contribution in [-0.4, -0.2) is 41.7 Å². The van der Waals surface area contributed by atoms with Gasteiger partial charge in [0.1, 0.15) is 13.2 Å². The zero-order valence-electron chi connectivity index (χ0n) is 9.60.